The fraction of sp³-hybridized carbons (Fsp3) is 0.846. The molecule has 2 rings (SSSR count). The van der Waals surface area contributed by atoms with Crippen molar-refractivity contribution >= 4 is 11.8 Å². The molecule has 5 heteroatoms. The van der Waals surface area contributed by atoms with Crippen LogP contribution in [0.3, 0.4) is 0 Å². The molecule has 1 unspecified atom stereocenters. The van der Waals surface area contributed by atoms with E-state index in [0.29, 0.717) is 26.1 Å². The first-order valence-electron chi connectivity index (χ1n) is 6.95. The molecule has 2 saturated heterocycles. The van der Waals surface area contributed by atoms with E-state index in [1.54, 1.807) is 0 Å². The third kappa shape index (κ3) is 2.66. The normalized spacial score (nSPS) is 28.9. The number of amides is 2. The van der Waals surface area contributed by atoms with E-state index in [2.05, 4.69) is 17.6 Å². The van der Waals surface area contributed by atoms with Crippen LogP contribution in [0, 0.1) is 5.41 Å². The molecule has 0 saturated carbocycles. The Morgan fingerprint density at radius 1 is 1.39 bits per heavy atom. The van der Waals surface area contributed by atoms with Gasteiger partial charge in [0.25, 0.3) is 0 Å². The van der Waals surface area contributed by atoms with Crippen molar-refractivity contribution < 1.29 is 9.59 Å². The molecular formula is C13H23N3O2. The Morgan fingerprint density at radius 3 is 2.89 bits per heavy atom. The predicted molar refractivity (Wildman–Crippen MR) is 69.0 cm³/mol. The highest BCUT2D eigenvalue weighted by Crippen LogP contribution is 2.33. The van der Waals surface area contributed by atoms with E-state index in [9.17, 15) is 9.59 Å². The molecule has 2 amide bonds. The lowest BCUT2D eigenvalue weighted by atomic mass is 9.81. The second-order valence-corrected chi connectivity index (χ2v) is 5.35. The van der Waals surface area contributed by atoms with Crippen molar-refractivity contribution in [2.75, 3.05) is 32.7 Å². The fourth-order valence-corrected chi connectivity index (χ4v) is 3.03. The van der Waals surface area contributed by atoms with Crippen LogP contribution in [0.2, 0.25) is 0 Å². The number of carbonyl (C=O) groups is 2. The molecule has 0 bridgehead atoms. The van der Waals surface area contributed by atoms with Crippen molar-refractivity contribution in [2.45, 2.75) is 32.6 Å². The van der Waals surface area contributed by atoms with Gasteiger partial charge in [0.05, 0.1) is 5.41 Å². The molecule has 0 spiro atoms. The van der Waals surface area contributed by atoms with E-state index < -0.39 is 0 Å². The lowest BCUT2D eigenvalue weighted by Crippen LogP contribution is -2.46. The van der Waals surface area contributed by atoms with Gasteiger partial charge in [0.2, 0.25) is 11.8 Å². The van der Waals surface area contributed by atoms with Gasteiger partial charge in [-0.2, -0.15) is 0 Å². The zero-order valence-corrected chi connectivity index (χ0v) is 11.1. The maximum Gasteiger partial charge on any atom is 0.230 e. The lowest BCUT2D eigenvalue weighted by Gasteiger charge is -2.33. The summed E-state index contributed by atoms with van der Waals surface area (Å²) >= 11 is 0. The minimum absolute atomic E-state index is 0.0550. The lowest BCUT2D eigenvalue weighted by molar-refractivity contribution is -0.141. The maximum atomic E-state index is 12.7. The van der Waals surface area contributed by atoms with E-state index in [0.717, 1.165) is 32.4 Å². The molecule has 2 aliphatic rings. The number of carbonyl (C=O) groups excluding carboxylic acids is 2. The molecule has 0 aromatic rings. The topological polar surface area (TPSA) is 61.4 Å². The molecule has 102 valence electrons. The number of nitrogens with zero attached hydrogens (tertiary/aromatic N) is 1. The van der Waals surface area contributed by atoms with Crippen molar-refractivity contribution in [1.82, 2.24) is 15.5 Å². The molecule has 18 heavy (non-hydrogen) atoms. The summed E-state index contributed by atoms with van der Waals surface area (Å²) in [5.41, 5.74) is -0.220. The van der Waals surface area contributed by atoms with Crippen LogP contribution in [0.4, 0.5) is 0 Å². The average molecular weight is 253 g/mol. The smallest absolute Gasteiger partial charge is 0.230 e. The van der Waals surface area contributed by atoms with Crippen LogP contribution in [0.25, 0.3) is 0 Å². The zero-order chi connectivity index (χ0) is 13.0. The second-order valence-electron chi connectivity index (χ2n) is 5.35. The number of hydrogen-bond donors (Lipinski definition) is 2. The predicted octanol–water partition coefficient (Wildman–Crippen LogP) is 0.115. The van der Waals surface area contributed by atoms with Crippen molar-refractivity contribution in [3.05, 3.63) is 0 Å². The van der Waals surface area contributed by atoms with Crippen LogP contribution in [-0.4, -0.2) is 49.4 Å². The van der Waals surface area contributed by atoms with Crippen LogP contribution < -0.4 is 10.6 Å². The monoisotopic (exact) mass is 253 g/mol. The quantitative estimate of drug-likeness (QED) is 0.751. The van der Waals surface area contributed by atoms with Gasteiger partial charge in [0.15, 0.2) is 0 Å². The molecule has 0 aromatic heterocycles. The van der Waals surface area contributed by atoms with Crippen molar-refractivity contribution in [2.24, 2.45) is 5.41 Å². The zero-order valence-electron chi connectivity index (χ0n) is 11.1. The van der Waals surface area contributed by atoms with E-state index in [1.807, 2.05) is 4.90 Å². The van der Waals surface area contributed by atoms with Crippen LogP contribution >= 0.6 is 0 Å². The molecular weight excluding hydrogens is 230 g/mol. The summed E-state index contributed by atoms with van der Waals surface area (Å²) in [5.74, 6) is 0.297. The minimum atomic E-state index is -0.220. The van der Waals surface area contributed by atoms with Gasteiger partial charge < -0.3 is 15.5 Å². The highest BCUT2D eigenvalue weighted by molar-refractivity contribution is 5.85. The third-order valence-electron chi connectivity index (χ3n) is 4.03. The molecule has 2 heterocycles. The Labute approximate surface area is 108 Å². The Hall–Kier alpha value is -1.10. The Morgan fingerprint density at radius 2 is 2.22 bits per heavy atom. The Kier molecular flexibility index (Phi) is 4.22. The second kappa shape index (κ2) is 5.69. The van der Waals surface area contributed by atoms with Crippen molar-refractivity contribution in [3.63, 3.8) is 0 Å². The summed E-state index contributed by atoms with van der Waals surface area (Å²) in [7, 11) is 0. The SMILES string of the molecule is CCCC1(C(=O)N2CCNC(=O)CC2)CCNC1. The molecule has 2 fully saturated rings. The van der Waals surface area contributed by atoms with Crippen LogP contribution in [-0.2, 0) is 9.59 Å². The van der Waals surface area contributed by atoms with Gasteiger partial charge in [-0.1, -0.05) is 13.3 Å². The van der Waals surface area contributed by atoms with Crippen LogP contribution in [0.1, 0.15) is 32.6 Å². The number of nitrogens with one attached hydrogen (secondary N) is 2. The van der Waals surface area contributed by atoms with Gasteiger partial charge >= 0.3 is 0 Å². The number of rotatable bonds is 3. The van der Waals surface area contributed by atoms with Gasteiger partial charge in [-0.25, -0.2) is 0 Å². The molecule has 1 atom stereocenters. The molecule has 2 aliphatic heterocycles. The highest BCUT2D eigenvalue weighted by atomic mass is 16.2. The van der Waals surface area contributed by atoms with Crippen molar-refractivity contribution in [1.29, 1.82) is 0 Å². The van der Waals surface area contributed by atoms with E-state index >= 15 is 0 Å². The van der Waals surface area contributed by atoms with E-state index in [-0.39, 0.29) is 17.2 Å². The van der Waals surface area contributed by atoms with E-state index in [1.165, 1.54) is 0 Å². The standard InChI is InChI=1S/C13H23N3O2/c1-2-4-13(5-6-14-10-13)12(18)16-8-3-11(17)15-7-9-16/h14H,2-10H2,1H3,(H,15,17). The van der Waals surface area contributed by atoms with Gasteiger partial charge in [0.1, 0.15) is 0 Å². The van der Waals surface area contributed by atoms with Crippen LogP contribution in [0.15, 0.2) is 0 Å². The first-order valence-corrected chi connectivity index (χ1v) is 6.95. The Bertz CT molecular complexity index is 324. The van der Waals surface area contributed by atoms with Gasteiger partial charge in [-0.05, 0) is 19.4 Å². The summed E-state index contributed by atoms with van der Waals surface area (Å²) in [6.07, 6.45) is 3.33. The fourth-order valence-electron chi connectivity index (χ4n) is 3.03. The first kappa shape index (κ1) is 13.3. The van der Waals surface area contributed by atoms with Gasteiger partial charge in [-0.3, -0.25) is 9.59 Å². The summed E-state index contributed by atoms with van der Waals surface area (Å²) in [4.78, 5) is 25.9. The summed E-state index contributed by atoms with van der Waals surface area (Å²) in [6, 6.07) is 0. The molecule has 2 N–H and O–H groups in total. The van der Waals surface area contributed by atoms with E-state index in [4.69, 9.17) is 0 Å². The summed E-state index contributed by atoms with van der Waals surface area (Å²) < 4.78 is 0. The van der Waals surface area contributed by atoms with Crippen LogP contribution in [0.5, 0.6) is 0 Å². The van der Waals surface area contributed by atoms with Gasteiger partial charge in [-0.15, -0.1) is 0 Å². The maximum absolute atomic E-state index is 12.7. The molecule has 0 radical (unpaired) electrons. The largest absolute Gasteiger partial charge is 0.354 e. The number of hydrogen-bond acceptors (Lipinski definition) is 3. The molecule has 5 nitrogen and oxygen atoms in total. The third-order valence-corrected chi connectivity index (χ3v) is 4.03. The Balaban J connectivity index is 2.05. The van der Waals surface area contributed by atoms with Crippen molar-refractivity contribution in [3.8, 4) is 0 Å². The minimum Gasteiger partial charge on any atom is -0.354 e. The highest BCUT2D eigenvalue weighted by Gasteiger charge is 2.42. The summed E-state index contributed by atoms with van der Waals surface area (Å²) in [6.45, 7) is 5.64. The molecule has 0 aliphatic carbocycles. The molecule has 0 aromatic carbocycles. The summed E-state index contributed by atoms with van der Waals surface area (Å²) in [5, 5.41) is 6.13. The van der Waals surface area contributed by atoms with Gasteiger partial charge in [0, 0.05) is 32.6 Å². The average Bonchev–Trinajstić information content (AvgIpc) is 2.72. The first-order chi connectivity index (χ1) is 8.68.